The first-order valence-electron chi connectivity index (χ1n) is 8.96. The van der Waals surface area contributed by atoms with Crippen molar-refractivity contribution in [1.29, 1.82) is 0 Å². The van der Waals surface area contributed by atoms with E-state index < -0.39 is 0 Å². The fourth-order valence-electron chi connectivity index (χ4n) is 3.86. The number of hydrogen-bond donors (Lipinski definition) is 2. The minimum atomic E-state index is 0.159. The Balaban J connectivity index is 1.41. The van der Waals surface area contributed by atoms with Crippen LogP contribution in [0.15, 0.2) is 24.3 Å². The molecule has 0 aliphatic carbocycles. The number of carbonyl (C=O) groups excluding carboxylic acids is 1. The van der Waals surface area contributed by atoms with Crippen molar-refractivity contribution in [3.05, 3.63) is 29.8 Å². The van der Waals surface area contributed by atoms with Gasteiger partial charge in [0.05, 0.1) is 6.61 Å². The molecule has 2 aliphatic heterocycles. The van der Waals surface area contributed by atoms with Crippen LogP contribution in [-0.2, 0) is 16.1 Å². The first-order valence-corrected chi connectivity index (χ1v) is 8.96. The second-order valence-electron chi connectivity index (χ2n) is 6.94. The van der Waals surface area contributed by atoms with Crippen LogP contribution in [0.4, 0.5) is 0 Å². The second kappa shape index (κ2) is 8.49. The van der Waals surface area contributed by atoms with Crippen molar-refractivity contribution < 1.29 is 14.3 Å². The lowest BCUT2D eigenvalue weighted by Crippen LogP contribution is -2.39. The van der Waals surface area contributed by atoms with E-state index in [-0.39, 0.29) is 5.91 Å². The number of methoxy groups -OCH3 is 1. The number of ether oxygens (including phenoxy) is 2. The monoisotopic (exact) mass is 332 g/mol. The maximum Gasteiger partial charge on any atom is 0.220 e. The van der Waals surface area contributed by atoms with Crippen LogP contribution in [0.25, 0.3) is 0 Å². The topological polar surface area (TPSA) is 59.6 Å². The summed E-state index contributed by atoms with van der Waals surface area (Å²) in [5.74, 6) is 1.51. The van der Waals surface area contributed by atoms with E-state index in [1.165, 1.54) is 12.8 Å². The molecule has 2 N–H and O–H groups in total. The molecule has 5 heteroatoms. The number of piperidine rings is 1. The van der Waals surface area contributed by atoms with Crippen molar-refractivity contribution in [1.82, 2.24) is 10.6 Å². The minimum absolute atomic E-state index is 0.159. The lowest BCUT2D eigenvalue weighted by molar-refractivity contribution is -0.122. The number of fused-ring (bicyclic) bond motifs is 2. The van der Waals surface area contributed by atoms with Gasteiger partial charge in [-0.1, -0.05) is 12.1 Å². The number of amides is 1. The zero-order valence-electron chi connectivity index (χ0n) is 14.4. The molecule has 2 aliphatic rings. The highest BCUT2D eigenvalue weighted by Gasteiger charge is 2.34. The second-order valence-corrected chi connectivity index (χ2v) is 6.94. The Kier molecular flexibility index (Phi) is 6.10. The highest BCUT2D eigenvalue weighted by Crippen LogP contribution is 2.32. The van der Waals surface area contributed by atoms with Gasteiger partial charge in [0, 0.05) is 32.2 Å². The summed E-state index contributed by atoms with van der Waals surface area (Å²) in [6.07, 6.45) is 5.50. The Morgan fingerprint density at radius 3 is 2.79 bits per heavy atom. The summed E-state index contributed by atoms with van der Waals surface area (Å²) < 4.78 is 10.6. The molecule has 2 fully saturated rings. The van der Waals surface area contributed by atoms with Crippen molar-refractivity contribution >= 4 is 5.91 Å². The van der Waals surface area contributed by atoms with Gasteiger partial charge in [0.15, 0.2) is 0 Å². The Bertz CT molecular complexity index is 537. The normalized spacial score (nSPS) is 25.5. The lowest BCUT2D eigenvalue weighted by atomic mass is 9.89. The summed E-state index contributed by atoms with van der Waals surface area (Å²) in [6, 6.07) is 9.14. The molecule has 1 amide bonds. The summed E-state index contributed by atoms with van der Waals surface area (Å²) >= 11 is 0. The predicted octanol–water partition coefficient (Wildman–Crippen LogP) is 2.25. The standard InChI is InChI=1S/C19H28N2O3/c1-23-7-8-24-18-4-2-3-14(11-18)13-20-19(22)12-15-9-16-5-6-17(10-15)21-16/h2-4,11,15-17,21H,5-10,12-13H2,1H3,(H,20,22). The van der Waals surface area contributed by atoms with Gasteiger partial charge in [-0.15, -0.1) is 0 Å². The van der Waals surface area contributed by atoms with Crippen molar-refractivity contribution in [2.24, 2.45) is 5.92 Å². The fourth-order valence-corrected chi connectivity index (χ4v) is 3.86. The molecule has 2 saturated heterocycles. The third kappa shape index (κ3) is 4.95. The summed E-state index contributed by atoms with van der Waals surface area (Å²) in [7, 11) is 1.66. The predicted molar refractivity (Wildman–Crippen MR) is 92.9 cm³/mol. The summed E-state index contributed by atoms with van der Waals surface area (Å²) in [4.78, 5) is 12.2. The van der Waals surface area contributed by atoms with E-state index >= 15 is 0 Å². The lowest BCUT2D eigenvalue weighted by Gasteiger charge is -2.28. The van der Waals surface area contributed by atoms with Crippen LogP contribution in [0.3, 0.4) is 0 Å². The third-order valence-corrected chi connectivity index (χ3v) is 4.99. The molecule has 132 valence electrons. The van der Waals surface area contributed by atoms with Crippen LogP contribution in [0.1, 0.15) is 37.7 Å². The van der Waals surface area contributed by atoms with Gasteiger partial charge in [0.2, 0.25) is 5.91 Å². The summed E-state index contributed by atoms with van der Waals surface area (Å²) in [6.45, 7) is 1.65. The third-order valence-electron chi connectivity index (χ3n) is 4.99. The average Bonchev–Trinajstić information content (AvgIpc) is 2.92. The van der Waals surface area contributed by atoms with Gasteiger partial charge < -0.3 is 20.1 Å². The van der Waals surface area contributed by atoms with Gasteiger partial charge in [-0.05, 0) is 49.3 Å². The molecule has 24 heavy (non-hydrogen) atoms. The molecule has 2 bridgehead atoms. The van der Waals surface area contributed by atoms with E-state index in [9.17, 15) is 4.79 Å². The first-order chi connectivity index (χ1) is 11.7. The van der Waals surface area contributed by atoms with Gasteiger partial charge >= 0.3 is 0 Å². The molecule has 5 nitrogen and oxygen atoms in total. The quantitative estimate of drug-likeness (QED) is 0.717. The van der Waals surface area contributed by atoms with Gasteiger partial charge in [0.25, 0.3) is 0 Å². The Labute approximate surface area is 144 Å². The molecule has 0 radical (unpaired) electrons. The number of benzene rings is 1. The zero-order valence-corrected chi connectivity index (χ0v) is 14.4. The van der Waals surface area contributed by atoms with E-state index in [1.807, 2.05) is 24.3 Å². The smallest absolute Gasteiger partial charge is 0.220 e. The maximum atomic E-state index is 12.2. The fraction of sp³-hybridized carbons (Fsp3) is 0.632. The number of carbonyl (C=O) groups is 1. The molecule has 1 aromatic carbocycles. The van der Waals surface area contributed by atoms with E-state index in [0.717, 1.165) is 24.2 Å². The van der Waals surface area contributed by atoms with Gasteiger partial charge in [-0.3, -0.25) is 4.79 Å². The first kappa shape index (κ1) is 17.2. The average molecular weight is 332 g/mol. The Morgan fingerprint density at radius 1 is 1.25 bits per heavy atom. The van der Waals surface area contributed by atoms with Crippen LogP contribution < -0.4 is 15.4 Å². The zero-order chi connectivity index (χ0) is 16.8. The number of nitrogens with one attached hydrogen (secondary N) is 2. The summed E-state index contributed by atoms with van der Waals surface area (Å²) in [5.41, 5.74) is 1.06. The van der Waals surface area contributed by atoms with E-state index in [4.69, 9.17) is 9.47 Å². The molecular weight excluding hydrogens is 304 g/mol. The van der Waals surface area contributed by atoms with Gasteiger partial charge in [-0.25, -0.2) is 0 Å². The van der Waals surface area contributed by atoms with Gasteiger partial charge in [0.1, 0.15) is 12.4 Å². The van der Waals surface area contributed by atoms with Crippen LogP contribution >= 0.6 is 0 Å². The summed E-state index contributed by atoms with van der Waals surface area (Å²) in [5, 5.41) is 6.68. The molecule has 2 unspecified atom stereocenters. The van der Waals surface area contributed by atoms with Crippen LogP contribution in [0.5, 0.6) is 5.75 Å². The van der Waals surface area contributed by atoms with E-state index in [1.54, 1.807) is 7.11 Å². The maximum absolute atomic E-state index is 12.2. The SMILES string of the molecule is COCCOc1cccc(CNC(=O)CC2CC3CCC(C2)N3)c1. The van der Waals surface area contributed by atoms with Crippen LogP contribution in [0.2, 0.25) is 0 Å². The highest BCUT2D eigenvalue weighted by atomic mass is 16.5. The molecule has 2 heterocycles. The molecule has 0 aromatic heterocycles. The van der Waals surface area contributed by atoms with Crippen molar-refractivity contribution in [3.8, 4) is 5.75 Å². The molecule has 0 saturated carbocycles. The number of rotatable bonds is 8. The van der Waals surface area contributed by atoms with E-state index in [0.29, 0.717) is 44.2 Å². The molecular formula is C19H28N2O3. The minimum Gasteiger partial charge on any atom is -0.491 e. The van der Waals surface area contributed by atoms with Gasteiger partial charge in [-0.2, -0.15) is 0 Å². The van der Waals surface area contributed by atoms with Crippen LogP contribution in [-0.4, -0.2) is 38.3 Å². The van der Waals surface area contributed by atoms with Crippen molar-refractivity contribution in [2.75, 3.05) is 20.3 Å². The molecule has 0 spiro atoms. The molecule has 1 aromatic rings. The highest BCUT2D eigenvalue weighted by molar-refractivity contribution is 5.76. The van der Waals surface area contributed by atoms with Crippen molar-refractivity contribution in [3.63, 3.8) is 0 Å². The van der Waals surface area contributed by atoms with Crippen LogP contribution in [0, 0.1) is 5.92 Å². The Morgan fingerprint density at radius 2 is 2.04 bits per heavy atom. The largest absolute Gasteiger partial charge is 0.491 e. The van der Waals surface area contributed by atoms with Crippen molar-refractivity contribution in [2.45, 2.75) is 50.7 Å². The van der Waals surface area contributed by atoms with E-state index in [2.05, 4.69) is 10.6 Å². The number of hydrogen-bond acceptors (Lipinski definition) is 4. The molecule has 2 atom stereocenters. The molecule has 3 rings (SSSR count). The Hall–Kier alpha value is -1.59.